The number of para-hydroxylation sites is 2. The van der Waals surface area contributed by atoms with Gasteiger partial charge in [-0.25, -0.2) is 4.98 Å². The molecule has 2 aromatic rings. The Hall–Kier alpha value is -2.49. The molecule has 22 heavy (non-hydrogen) atoms. The van der Waals surface area contributed by atoms with Crippen LogP contribution >= 0.6 is 0 Å². The standard InChI is InChI=1S/C18H20N4/c1-14-20(2)16-7-3-4-8-17(16)22(14)15-9-10-18(19-13-15)21-11-5-6-12-21/h3-4,7-10,13H,1,5-6,11-12H2,2H3. The Morgan fingerprint density at radius 2 is 1.73 bits per heavy atom. The summed E-state index contributed by atoms with van der Waals surface area (Å²) in [5, 5.41) is 0. The second-order valence-corrected chi connectivity index (χ2v) is 5.87. The number of pyridine rings is 1. The number of benzene rings is 1. The fourth-order valence-electron chi connectivity index (χ4n) is 3.30. The van der Waals surface area contributed by atoms with Gasteiger partial charge in [0.15, 0.2) is 0 Å². The molecule has 1 saturated heterocycles. The van der Waals surface area contributed by atoms with Crippen molar-refractivity contribution in [1.29, 1.82) is 0 Å². The third-order valence-electron chi connectivity index (χ3n) is 4.55. The summed E-state index contributed by atoms with van der Waals surface area (Å²) in [4.78, 5) is 11.3. The maximum atomic E-state index is 4.66. The van der Waals surface area contributed by atoms with Crippen LogP contribution in [0, 0.1) is 0 Å². The predicted octanol–water partition coefficient (Wildman–Crippen LogP) is 3.74. The van der Waals surface area contributed by atoms with E-state index in [1.807, 2.05) is 13.2 Å². The molecule has 0 amide bonds. The molecule has 1 fully saturated rings. The van der Waals surface area contributed by atoms with E-state index in [9.17, 15) is 0 Å². The van der Waals surface area contributed by atoms with Crippen LogP contribution in [0.3, 0.4) is 0 Å². The summed E-state index contributed by atoms with van der Waals surface area (Å²) >= 11 is 0. The van der Waals surface area contributed by atoms with E-state index < -0.39 is 0 Å². The summed E-state index contributed by atoms with van der Waals surface area (Å²) in [5.74, 6) is 2.03. The van der Waals surface area contributed by atoms with Crippen LogP contribution in [-0.2, 0) is 0 Å². The van der Waals surface area contributed by atoms with E-state index in [2.05, 4.69) is 62.7 Å². The maximum Gasteiger partial charge on any atom is 0.128 e. The molecule has 0 spiro atoms. The molecule has 2 aliphatic heterocycles. The summed E-state index contributed by atoms with van der Waals surface area (Å²) in [6, 6.07) is 12.6. The van der Waals surface area contributed by atoms with E-state index in [-0.39, 0.29) is 0 Å². The molecule has 112 valence electrons. The van der Waals surface area contributed by atoms with Crippen molar-refractivity contribution in [1.82, 2.24) is 4.98 Å². The van der Waals surface area contributed by atoms with Crippen LogP contribution in [-0.4, -0.2) is 25.1 Å². The molecule has 0 saturated carbocycles. The van der Waals surface area contributed by atoms with E-state index in [0.717, 1.165) is 36.1 Å². The number of nitrogens with zero attached hydrogens (tertiary/aromatic N) is 4. The van der Waals surface area contributed by atoms with Crippen molar-refractivity contribution in [3.8, 4) is 0 Å². The second kappa shape index (κ2) is 5.05. The van der Waals surface area contributed by atoms with E-state index in [1.165, 1.54) is 18.5 Å². The first-order chi connectivity index (χ1) is 10.8. The fraction of sp³-hybridized carbons (Fsp3) is 0.278. The average molecular weight is 292 g/mol. The molecule has 2 aliphatic rings. The second-order valence-electron chi connectivity index (χ2n) is 5.87. The molecule has 0 atom stereocenters. The van der Waals surface area contributed by atoms with E-state index in [4.69, 9.17) is 0 Å². The summed E-state index contributed by atoms with van der Waals surface area (Å²) in [6.45, 7) is 6.46. The summed E-state index contributed by atoms with van der Waals surface area (Å²) in [7, 11) is 2.05. The van der Waals surface area contributed by atoms with Crippen molar-refractivity contribution in [3.05, 3.63) is 55.0 Å². The Balaban J connectivity index is 1.68. The fourth-order valence-corrected chi connectivity index (χ4v) is 3.30. The van der Waals surface area contributed by atoms with E-state index in [0.29, 0.717) is 0 Å². The topological polar surface area (TPSA) is 22.6 Å². The van der Waals surface area contributed by atoms with E-state index >= 15 is 0 Å². The third kappa shape index (κ3) is 1.95. The summed E-state index contributed by atoms with van der Waals surface area (Å²) < 4.78 is 0. The molecule has 0 bridgehead atoms. The van der Waals surface area contributed by atoms with Gasteiger partial charge in [0.2, 0.25) is 0 Å². The highest BCUT2D eigenvalue weighted by molar-refractivity contribution is 5.87. The lowest BCUT2D eigenvalue weighted by molar-refractivity contribution is 0.936. The Labute approximate surface area is 131 Å². The van der Waals surface area contributed by atoms with E-state index in [1.54, 1.807) is 0 Å². The molecule has 1 aromatic heterocycles. The lowest BCUT2D eigenvalue weighted by Gasteiger charge is -2.22. The zero-order valence-electron chi connectivity index (χ0n) is 12.9. The zero-order valence-corrected chi connectivity index (χ0v) is 12.9. The van der Waals surface area contributed by atoms with Gasteiger partial charge in [-0.05, 0) is 37.1 Å². The smallest absolute Gasteiger partial charge is 0.128 e. The molecule has 0 N–H and O–H groups in total. The average Bonchev–Trinajstić information content (AvgIpc) is 3.17. The molecule has 1 aromatic carbocycles. The van der Waals surface area contributed by atoms with Crippen LogP contribution in [0.1, 0.15) is 12.8 Å². The van der Waals surface area contributed by atoms with Gasteiger partial charge in [0.25, 0.3) is 0 Å². The van der Waals surface area contributed by atoms with Gasteiger partial charge in [0, 0.05) is 20.1 Å². The van der Waals surface area contributed by atoms with Crippen LogP contribution in [0.25, 0.3) is 0 Å². The van der Waals surface area contributed by atoms with Gasteiger partial charge < -0.3 is 9.80 Å². The summed E-state index contributed by atoms with van der Waals surface area (Å²) in [5.41, 5.74) is 3.39. The Morgan fingerprint density at radius 1 is 1.00 bits per heavy atom. The highest BCUT2D eigenvalue weighted by atomic mass is 15.4. The maximum absolute atomic E-state index is 4.66. The molecule has 4 nitrogen and oxygen atoms in total. The first-order valence-corrected chi connectivity index (χ1v) is 7.78. The van der Waals surface area contributed by atoms with Gasteiger partial charge in [-0.3, -0.25) is 4.90 Å². The minimum Gasteiger partial charge on any atom is -0.357 e. The molecular formula is C18H20N4. The van der Waals surface area contributed by atoms with Gasteiger partial charge in [0.05, 0.1) is 23.3 Å². The highest BCUT2D eigenvalue weighted by Gasteiger charge is 2.28. The molecule has 0 aliphatic carbocycles. The van der Waals surface area contributed by atoms with Crippen LogP contribution in [0.5, 0.6) is 0 Å². The first-order valence-electron chi connectivity index (χ1n) is 7.78. The number of hydrogen-bond donors (Lipinski definition) is 0. The number of fused-ring (bicyclic) bond motifs is 1. The van der Waals surface area contributed by atoms with Crippen LogP contribution < -0.4 is 14.7 Å². The van der Waals surface area contributed by atoms with Gasteiger partial charge in [-0.15, -0.1) is 0 Å². The lowest BCUT2D eigenvalue weighted by atomic mass is 10.2. The first kappa shape index (κ1) is 13.2. The largest absolute Gasteiger partial charge is 0.357 e. The van der Waals surface area contributed by atoms with Crippen molar-refractivity contribution >= 4 is 22.9 Å². The van der Waals surface area contributed by atoms with Crippen molar-refractivity contribution in [2.45, 2.75) is 12.8 Å². The predicted molar refractivity (Wildman–Crippen MR) is 91.8 cm³/mol. The van der Waals surface area contributed by atoms with Crippen molar-refractivity contribution in [3.63, 3.8) is 0 Å². The Kier molecular flexibility index (Phi) is 3.03. The number of hydrogen-bond acceptors (Lipinski definition) is 4. The van der Waals surface area contributed by atoms with Crippen LogP contribution in [0.4, 0.5) is 22.9 Å². The number of aromatic nitrogens is 1. The molecule has 4 rings (SSSR count). The molecule has 3 heterocycles. The molecule has 0 radical (unpaired) electrons. The van der Waals surface area contributed by atoms with Crippen molar-refractivity contribution < 1.29 is 0 Å². The monoisotopic (exact) mass is 292 g/mol. The van der Waals surface area contributed by atoms with Crippen molar-refractivity contribution in [2.24, 2.45) is 0 Å². The highest BCUT2D eigenvalue weighted by Crippen LogP contribution is 2.44. The van der Waals surface area contributed by atoms with Crippen LogP contribution in [0.2, 0.25) is 0 Å². The molecule has 4 heteroatoms. The van der Waals surface area contributed by atoms with Gasteiger partial charge in [-0.1, -0.05) is 18.7 Å². The molecule has 0 unspecified atom stereocenters. The minimum absolute atomic E-state index is 0.955. The normalized spacial score (nSPS) is 17.3. The molecular weight excluding hydrogens is 272 g/mol. The zero-order chi connectivity index (χ0) is 15.1. The third-order valence-corrected chi connectivity index (χ3v) is 4.55. The van der Waals surface area contributed by atoms with Gasteiger partial charge in [0.1, 0.15) is 11.6 Å². The number of rotatable bonds is 2. The summed E-state index contributed by atoms with van der Waals surface area (Å²) in [6.07, 6.45) is 4.49. The lowest BCUT2D eigenvalue weighted by Crippen LogP contribution is -2.21. The van der Waals surface area contributed by atoms with Gasteiger partial charge in [-0.2, -0.15) is 0 Å². The SMILES string of the molecule is C=C1N(C)c2ccccc2N1c1ccc(N2CCCC2)nc1. The van der Waals surface area contributed by atoms with Crippen LogP contribution in [0.15, 0.2) is 55.0 Å². The van der Waals surface area contributed by atoms with Gasteiger partial charge >= 0.3 is 0 Å². The minimum atomic E-state index is 0.955. The Bertz CT molecular complexity index is 701. The number of anilines is 4. The quantitative estimate of drug-likeness (QED) is 0.841. The Morgan fingerprint density at radius 3 is 2.41 bits per heavy atom. The van der Waals surface area contributed by atoms with Crippen molar-refractivity contribution in [2.75, 3.05) is 34.8 Å².